The second-order valence-electron chi connectivity index (χ2n) is 7.34. The summed E-state index contributed by atoms with van der Waals surface area (Å²) in [4.78, 5) is 12.4. The Balaban J connectivity index is 2.26. The molecule has 0 saturated carbocycles. The smallest absolute Gasteiger partial charge is 0.231 e. The fourth-order valence-electron chi connectivity index (χ4n) is 3.35. The summed E-state index contributed by atoms with van der Waals surface area (Å²) in [5.74, 6) is 5.56. The van der Waals surface area contributed by atoms with Gasteiger partial charge in [-0.15, -0.1) is 0 Å². The average molecular weight is 281 g/mol. The van der Waals surface area contributed by atoms with Crippen molar-refractivity contribution in [2.75, 3.05) is 5.73 Å². The molecule has 2 nitrogen and oxygen atoms in total. The fourth-order valence-corrected chi connectivity index (χ4v) is 3.35. The van der Waals surface area contributed by atoms with E-state index in [0.717, 1.165) is 18.4 Å². The number of hydrogen-bond donors (Lipinski definition) is 1. The highest BCUT2D eigenvalue weighted by molar-refractivity contribution is 6.09. The molecule has 0 spiro atoms. The minimum Gasteiger partial charge on any atom is -0.398 e. The van der Waals surface area contributed by atoms with Crippen LogP contribution >= 0.6 is 0 Å². The maximum atomic E-state index is 12.4. The van der Waals surface area contributed by atoms with E-state index in [-0.39, 0.29) is 16.6 Å². The summed E-state index contributed by atoms with van der Waals surface area (Å²) in [7, 11) is 0. The minimum absolute atomic E-state index is 0.0419. The van der Waals surface area contributed by atoms with Crippen LogP contribution in [0.1, 0.15) is 46.1 Å². The van der Waals surface area contributed by atoms with Gasteiger partial charge in [0.1, 0.15) is 0 Å². The lowest BCUT2D eigenvalue weighted by molar-refractivity contribution is -0.111. The summed E-state index contributed by atoms with van der Waals surface area (Å²) in [5, 5.41) is 0. The Labute approximate surface area is 127 Å². The Hall–Kier alpha value is -2.01. The van der Waals surface area contributed by atoms with Gasteiger partial charge in [-0.1, -0.05) is 51.8 Å². The number of anilines is 1. The zero-order valence-electron chi connectivity index (χ0n) is 13.3. The van der Waals surface area contributed by atoms with Gasteiger partial charge in [-0.2, -0.15) is 0 Å². The zero-order chi connectivity index (χ0) is 15.7. The van der Waals surface area contributed by atoms with Crippen molar-refractivity contribution in [1.82, 2.24) is 0 Å². The number of nitrogens with two attached hydrogens (primary N) is 1. The van der Waals surface area contributed by atoms with Crippen LogP contribution in [0.5, 0.6) is 0 Å². The lowest BCUT2D eigenvalue weighted by Crippen LogP contribution is -2.29. The van der Waals surface area contributed by atoms with Crippen LogP contribution < -0.4 is 5.73 Å². The molecule has 0 saturated heterocycles. The van der Waals surface area contributed by atoms with Crippen LogP contribution in [-0.4, -0.2) is 5.78 Å². The maximum absolute atomic E-state index is 12.4. The van der Waals surface area contributed by atoms with E-state index < -0.39 is 0 Å². The number of hydrogen-bond acceptors (Lipinski definition) is 2. The van der Waals surface area contributed by atoms with Gasteiger partial charge in [-0.05, 0) is 41.7 Å². The molecule has 0 atom stereocenters. The highest BCUT2D eigenvalue weighted by Crippen LogP contribution is 2.44. The first-order valence-corrected chi connectivity index (χ1v) is 7.31. The number of para-hydroxylation sites is 1. The summed E-state index contributed by atoms with van der Waals surface area (Å²) in [5.41, 5.74) is 8.17. The van der Waals surface area contributed by atoms with Crippen LogP contribution in [0.25, 0.3) is 0 Å². The molecule has 1 aromatic rings. The topological polar surface area (TPSA) is 43.1 Å². The van der Waals surface area contributed by atoms with Gasteiger partial charge in [0.2, 0.25) is 5.78 Å². The zero-order valence-corrected chi connectivity index (χ0v) is 13.3. The van der Waals surface area contributed by atoms with Gasteiger partial charge in [-0.3, -0.25) is 4.79 Å². The highest BCUT2D eigenvalue weighted by atomic mass is 16.1. The van der Waals surface area contributed by atoms with Crippen LogP contribution in [0, 0.1) is 22.7 Å². The number of benzene rings is 1. The molecule has 110 valence electrons. The Morgan fingerprint density at radius 2 is 1.86 bits per heavy atom. The predicted molar refractivity (Wildman–Crippen MR) is 87.6 cm³/mol. The summed E-state index contributed by atoms with van der Waals surface area (Å²) in [6.45, 7) is 8.75. The molecule has 2 rings (SSSR count). The monoisotopic (exact) mass is 281 g/mol. The molecule has 2 N–H and O–H groups in total. The molecule has 0 bridgehead atoms. The normalized spacial score (nSPS) is 19.1. The Morgan fingerprint density at radius 1 is 1.19 bits per heavy atom. The van der Waals surface area contributed by atoms with E-state index in [9.17, 15) is 4.79 Å². The first kappa shape index (κ1) is 15.4. The summed E-state index contributed by atoms with van der Waals surface area (Å²) >= 11 is 0. The molecule has 0 unspecified atom stereocenters. The third kappa shape index (κ3) is 3.98. The van der Waals surface area contributed by atoms with E-state index in [1.807, 2.05) is 18.2 Å². The number of ketones is 1. The van der Waals surface area contributed by atoms with Gasteiger partial charge in [0.25, 0.3) is 0 Å². The average Bonchev–Trinajstić information content (AvgIpc) is 2.33. The second-order valence-corrected chi connectivity index (χ2v) is 7.34. The third-order valence-electron chi connectivity index (χ3n) is 3.73. The maximum Gasteiger partial charge on any atom is 0.231 e. The molecule has 21 heavy (non-hydrogen) atoms. The first-order valence-electron chi connectivity index (χ1n) is 7.31. The Morgan fingerprint density at radius 3 is 2.48 bits per heavy atom. The van der Waals surface area contributed by atoms with Gasteiger partial charge in [0.05, 0.1) is 0 Å². The van der Waals surface area contributed by atoms with Crippen molar-refractivity contribution in [3.05, 3.63) is 41.5 Å². The number of nitrogen functional groups attached to an aromatic ring is 1. The van der Waals surface area contributed by atoms with Crippen LogP contribution in [0.2, 0.25) is 0 Å². The van der Waals surface area contributed by atoms with Crippen molar-refractivity contribution in [1.29, 1.82) is 0 Å². The molecule has 1 aromatic carbocycles. The van der Waals surface area contributed by atoms with Crippen molar-refractivity contribution in [2.24, 2.45) is 10.8 Å². The molecular formula is C19H23NO. The van der Waals surface area contributed by atoms with Gasteiger partial charge < -0.3 is 5.73 Å². The van der Waals surface area contributed by atoms with Crippen molar-refractivity contribution < 1.29 is 4.79 Å². The van der Waals surface area contributed by atoms with E-state index >= 15 is 0 Å². The van der Waals surface area contributed by atoms with E-state index in [0.29, 0.717) is 11.3 Å². The van der Waals surface area contributed by atoms with E-state index in [4.69, 9.17) is 5.73 Å². The van der Waals surface area contributed by atoms with Gasteiger partial charge in [0.15, 0.2) is 0 Å². The molecule has 0 aliphatic heterocycles. The lowest BCUT2D eigenvalue weighted by Gasteiger charge is -2.38. The number of allylic oxidation sites excluding steroid dienone is 2. The quantitative estimate of drug-likeness (QED) is 0.625. The van der Waals surface area contributed by atoms with Crippen molar-refractivity contribution in [3.63, 3.8) is 0 Å². The molecule has 0 radical (unpaired) electrons. The summed E-state index contributed by atoms with van der Waals surface area (Å²) in [6.07, 6.45) is 3.95. The highest BCUT2D eigenvalue weighted by Gasteiger charge is 2.34. The standard InChI is InChI=1S/C19H23NO/c1-18(2)11-15(12-19(3,4)13-18)17(21)10-9-14-7-5-6-8-16(14)20/h5-8,11H,12-13,20H2,1-4H3. The molecular weight excluding hydrogens is 258 g/mol. The fraction of sp³-hybridized carbons (Fsp3) is 0.421. The van der Waals surface area contributed by atoms with E-state index in [1.165, 1.54) is 0 Å². The lowest BCUT2D eigenvalue weighted by atomic mass is 9.66. The van der Waals surface area contributed by atoms with Crippen LogP contribution in [0.15, 0.2) is 35.9 Å². The van der Waals surface area contributed by atoms with Crippen LogP contribution in [0.4, 0.5) is 5.69 Å². The number of carbonyl (C=O) groups excluding carboxylic acids is 1. The van der Waals surface area contributed by atoms with Gasteiger partial charge >= 0.3 is 0 Å². The summed E-state index contributed by atoms with van der Waals surface area (Å²) < 4.78 is 0. The number of carbonyl (C=O) groups is 1. The van der Waals surface area contributed by atoms with Crippen LogP contribution in [-0.2, 0) is 4.79 Å². The largest absolute Gasteiger partial charge is 0.398 e. The van der Waals surface area contributed by atoms with Gasteiger partial charge in [0, 0.05) is 16.8 Å². The minimum atomic E-state index is -0.0842. The molecule has 0 aromatic heterocycles. The molecule has 0 amide bonds. The van der Waals surface area contributed by atoms with Gasteiger partial charge in [-0.25, -0.2) is 0 Å². The molecule has 0 heterocycles. The number of rotatable bonds is 1. The Bertz CT molecular complexity index is 654. The molecule has 1 aliphatic carbocycles. The summed E-state index contributed by atoms with van der Waals surface area (Å²) in [6, 6.07) is 7.35. The molecule has 2 heteroatoms. The third-order valence-corrected chi connectivity index (χ3v) is 3.73. The van der Waals surface area contributed by atoms with Crippen LogP contribution in [0.3, 0.4) is 0 Å². The Kier molecular flexibility index (Phi) is 3.96. The predicted octanol–water partition coefficient (Wildman–Crippen LogP) is 3.96. The SMILES string of the molecule is CC1(C)C=C(C(=O)C#Cc2ccccc2N)CC(C)(C)C1. The van der Waals surface area contributed by atoms with E-state index in [1.54, 1.807) is 6.07 Å². The van der Waals surface area contributed by atoms with E-state index in [2.05, 4.69) is 45.6 Å². The molecule has 1 aliphatic rings. The second kappa shape index (κ2) is 5.41. The van der Waals surface area contributed by atoms with Crippen molar-refractivity contribution >= 4 is 11.5 Å². The van der Waals surface area contributed by atoms with Crippen molar-refractivity contribution in [3.8, 4) is 11.8 Å². The molecule has 0 fully saturated rings. The van der Waals surface area contributed by atoms with Crippen molar-refractivity contribution in [2.45, 2.75) is 40.5 Å². The number of Topliss-reactive ketones (excluding diaryl/α,β-unsaturated/α-hetero) is 1. The first-order chi connectivity index (χ1) is 9.69.